The van der Waals surface area contributed by atoms with Crippen molar-refractivity contribution < 1.29 is 9.13 Å². The Balaban J connectivity index is 4.45. The van der Waals surface area contributed by atoms with Crippen molar-refractivity contribution in [3.63, 3.8) is 0 Å². The molecule has 0 saturated heterocycles. The first kappa shape index (κ1) is 35.2. The van der Waals surface area contributed by atoms with Gasteiger partial charge in [0, 0.05) is 18.9 Å². The van der Waals surface area contributed by atoms with Gasteiger partial charge in [0.15, 0.2) is 0 Å². The molecule has 0 atom stereocenters. The average molecular weight is 529 g/mol. The highest BCUT2D eigenvalue weighted by atomic mass is 28.3. The number of rotatable bonds is 17. The van der Waals surface area contributed by atoms with Crippen LogP contribution in [0.3, 0.4) is 0 Å². The summed E-state index contributed by atoms with van der Waals surface area (Å²) in [7, 11) is 0.592. The second-order valence-corrected chi connectivity index (χ2v) is 18.2. The fraction of sp³-hybridized carbons (Fsp3) is 0.647. The van der Waals surface area contributed by atoms with Gasteiger partial charge in [0.2, 0.25) is 0 Å². The summed E-state index contributed by atoms with van der Waals surface area (Å²) in [6.45, 7) is 20.1. The van der Waals surface area contributed by atoms with Crippen LogP contribution in [0.1, 0.15) is 106 Å². The second-order valence-electron chi connectivity index (χ2n) is 12.7. The highest BCUT2D eigenvalue weighted by Crippen LogP contribution is 2.27. The van der Waals surface area contributed by atoms with Gasteiger partial charge in [-0.2, -0.15) is 0 Å². The quantitative estimate of drug-likeness (QED) is 0.0789. The minimum Gasteiger partial charge on any atom is -0.505 e. The lowest BCUT2D eigenvalue weighted by Crippen LogP contribution is -2.17. The van der Waals surface area contributed by atoms with Gasteiger partial charge in [-0.3, -0.25) is 0 Å². The van der Waals surface area contributed by atoms with Gasteiger partial charge < -0.3 is 4.74 Å². The van der Waals surface area contributed by atoms with Crippen LogP contribution >= 0.6 is 0 Å². The van der Waals surface area contributed by atoms with E-state index in [1.165, 1.54) is 16.7 Å². The van der Waals surface area contributed by atoms with Crippen LogP contribution in [0.4, 0.5) is 4.39 Å². The number of methoxy groups -OCH3 is 1. The molecule has 0 bridgehead atoms. The van der Waals surface area contributed by atoms with Gasteiger partial charge >= 0.3 is 0 Å². The lowest BCUT2D eigenvalue weighted by Gasteiger charge is -2.20. The molecule has 210 valence electrons. The molecule has 0 rings (SSSR count). The Labute approximate surface area is 231 Å². The van der Waals surface area contributed by atoms with Crippen LogP contribution in [-0.4, -0.2) is 15.2 Å². The minimum atomic E-state index is -1.08. The van der Waals surface area contributed by atoms with E-state index in [4.69, 9.17) is 4.74 Å². The number of halogens is 1. The lowest BCUT2D eigenvalue weighted by molar-refractivity contribution is 0.336. The van der Waals surface area contributed by atoms with E-state index < -0.39 is 8.07 Å². The van der Waals surface area contributed by atoms with Crippen LogP contribution in [0.25, 0.3) is 0 Å². The Morgan fingerprint density at radius 1 is 0.784 bits per heavy atom. The van der Waals surface area contributed by atoms with E-state index in [1.807, 2.05) is 6.92 Å². The minimum absolute atomic E-state index is 0.0645. The summed E-state index contributed by atoms with van der Waals surface area (Å²) in [5, 5.41) is 0. The fourth-order valence-electron chi connectivity index (χ4n) is 3.66. The van der Waals surface area contributed by atoms with Crippen LogP contribution in [-0.2, 0) is 4.74 Å². The zero-order chi connectivity index (χ0) is 28.3. The summed E-state index contributed by atoms with van der Waals surface area (Å²) in [4.78, 5) is 0. The Morgan fingerprint density at radius 2 is 1.35 bits per heavy atom. The summed E-state index contributed by atoms with van der Waals surface area (Å²) < 4.78 is 19.6. The normalized spacial score (nSPS) is 14.5. The Morgan fingerprint density at radius 3 is 1.95 bits per heavy atom. The number of hydrogen-bond acceptors (Lipinski definition) is 1. The SMILES string of the molecule is CO/C=C\CC/C(C)=C/CC/C(C)=C/CC/C(F)=C(\C)CC/C(C)=C/CC(C)(C)CC#CC[Si](C)(C)C. The molecule has 0 aliphatic rings. The third-order valence-corrected chi connectivity index (χ3v) is 7.73. The van der Waals surface area contributed by atoms with Gasteiger partial charge in [0.1, 0.15) is 0 Å². The van der Waals surface area contributed by atoms with Gasteiger partial charge in [-0.15, -0.1) is 11.8 Å². The molecule has 0 aromatic heterocycles. The molecule has 0 N–H and O–H groups in total. The molecule has 1 nitrogen and oxygen atoms in total. The molecular formula is C34H57FOSi. The Hall–Kier alpha value is -1.79. The molecule has 0 spiro atoms. The number of ether oxygens (including phenoxy) is 1. The van der Waals surface area contributed by atoms with Crippen LogP contribution in [0.15, 0.2) is 58.7 Å². The number of allylic oxidation sites excluding steroid dienone is 9. The molecule has 0 aliphatic heterocycles. The predicted octanol–water partition coefficient (Wildman–Crippen LogP) is 11.5. The van der Waals surface area contributed by atoms with E-state index in [1.54, 1.807) is 13.4 Å². The van der Waals surface area contributed by atoms with Crippen molar-refractivity contribution in [3.05, 3.63) is 58.7 Å². The maximum absolute atomic E-state index is 14.7. The molecule has 0 radical (unpaired) electrons. The van der Waals surface area contributed by atoms with E-state index in [0.717, 1.165) is 69.4 Å². The Kier molecular flexibility index (Phi) is 18.4. The molecule has 0 fully saturated rings. The van der Waals surface area contributed by atoms with Gasteiger partial charge in [-0.25, -0.2) is 4.39 Å². The third kappa shape index (κ3) is 21.9. The maximum Gasteiger partial charge on any atom is 0.0991 e. The van der Waals surface area contributed by atoms with Crippen molar-refractivity contribution in [3.8, 4) is 11.8 Å². The first-order valence-electron chi connectivity index (χ1n) is 14.2. The van der Waals surface area contributed by atoms with E-state index >= 15 is 0 Å². The molecule has 0 heterocycles. The highest BCUT2D eigenvalue weighted by Gasteiger charge is 2.15. The highest BCUT2D eigenvalue weighted by molar-refractivity contribution is 6.76. The van der Waals surface area contributed by atoms with Gasteiger partial charge in [0.25, 0.3) is 0 Å². The molecule has 3 heteroatoms. The van der Waals surface area contributed by atoms with Crippen LogP contribution in [0, 0.1) is 17.3 Å². The monoisotopic (exact) mass is 528 g/mol. The van der Waals surface area contributed by atoms with Gasteiger partial charge in [-0.05, 0) is 96.1 Å². The average Bonchev–Trinajstić information content (AvgIpc) is 2.81. The van der Waals surface area contributed by atoms with Crippen molar-refractivity contribution in [2.75, 3.05) is 7.11 Å². The lowest BCUT2D eigenvalue weighted by atomic mass is 9.85. The van der Waals surface area contributed by atoms with E-state index in [9.17, 15) is 4.39 Å². The second kappa shape index (κ2) is 19.3. The van der Waals surface area contributed by atoms with Crippen molar-refractivity contribution in [1.29, 1.82) is 0 Å². The van der Waals surface area contributed by atoms with Gasteiger partial charge in [0.05, 0.1) is 27.3 Å². The standard InChI is InChI=1S/C34H57FOSi/c1-29(17-11-13-27-36-7)18-15-19-30(2)20-16-21-33(35)32(4)23-22-31(3)24-26-34(5,6)25-12-14-28-37(8,9)10/h13,18,20,24,27H,11,15-17,19,21-23,25-26,28H2,1-10H3/b27-13-,29-18+,30-20+,31-24+,33-32-. The van der Waals surface area contributed by atoms with Crippen LogP contribution in [0.5, 0.6) is 0 Å². The zero-order valence-corrected chi connectivity index (χ0v) is 27.0. The van der Waals surface area contributed by atoms with E-state index in [2.05, 4.69) is 90.4 Å². The summed E-state index contributed by atoms with van der Waals surface area (Å²) in [5.74, 6) is 6.88. The molecule has 0 aliphatic carbocycles. The van der Waals surface area contributed by atoms with Crippen LogP contribution in [0.2, 0.25) is 25.7 Å². The fourth-order valence-corrected chi connectivity index (χ4v) is 4.31. The van der Waals surface area contributed by atoms with Crippen LogP contribution < -0.4 is 0 Å². The zero-order valence-electron chi connectivity index (χ0n) is 26.0. The summed E-state index contributed by atoms with van der Waals surface area (Å²) >= 11 is 0. The summed E-state index contributed by atoms with van der Waals surface area (Å²) in [6.07, 6.45) is 19.8. The molecule has 0 amide bonds. The molecule has 0 unspecified atom stereocenters. The smallest absolute Gasteiger partial charge is 0.0991 e. The maximum atomic E-state index is 14.7. The van der Waals surface area contributed by atoms with Gasteiger partial charge in [-0.1, -0.05) is 68.4 Å². The largest absolute Gasteiger partial charge is 0.505 e. The van der Waals surface area contributed by atoms with Crippen molar-refractivity contribution in [2.45, 2.75) is 131 Å². The van der Waals surface area contributed by atoms with Crippen molar-refractivity contribution >= 4 is 8.07 Å². The summed E-state index contributed by atoms with van der Waals surface area (Å²) in [6, 6.07) is 1.08. The van der Waals surface area contributed by atoms with Crippen molar-refractivity contribution in [1.82, 2.24) is 0 Å². The molecule has 0 saturated carbocycles. The molecule has 0 aromatic carbocycles. The van der Waals surface area contributed by atoms with E-state index in [0.29, 0.717) is 6.42 Å². The van der Waals surface area contributed by atoms with Crippen molar-refractivity contribution in [2.24, 2.45) is 5.41 Å². The first-order valence-corrected chi connectivity index (χ1v) is 17.9. The predicted molar refractivity (Wildman–Crippen MR) is 167 cm³/mol. The third-order valence-electron chi connectivity index (χ3n) is 6.50. The molecule has 37 heavy (non-hydrogen) atoms. The topological polar surface area (TPSA) is 9.23 Å². The first-order chi connectivity index (χ1) is 17.3. The Bertz CT molecular complexity index is 866. The molecular weight excluding hydrogens is 471 g/mol. The number of hydrogen-bond donors (Lipinski definition) is 0. The van der Waals surface area contributed by atoms with E-state index in [-0.39, 0.29) is 11.2 Å². The summed E-state index contributed by atoms with van der Waals surface area (Å²) in [5.41, 5.74) is 5.20. The molecule has 0 aromatic rings.